The van der Waals surface area contributed by atoms with Crippen LogP contribution >= 0.6 is 0 Å². The molecular formula is C17H19N5O3. The number of nitrogen functional groups attached to an aromatic ring is 1. The van der Waals surface area contributed by atoms with E-state index < -0.39 is 0 Å². The molecule has 4 rings (SSSR count). The molecule has 8 heteroatoms. The van der Waals surface area contributed by atoms with Crippen LogP contribution in [-0.4, -0.2) is 58.1 Å². The summed E-state index contributed by atoms with van der Waals surface area (Å²) in [7, 11) is 1.58. The number of benzene rings is 1. The minimum absolute atomic E-state index is 0.0124. The third kappa shape index (κ3) is 2.45. The number of hydrogen-bond acceptors (Lipinski definition) is 6. The molecule has 0 aliphatic carbocycles. The predicted molar refractivity (Wildman–Crippen MR) is 92.8 cm³/mol. The van der Waals surface area contributed by atoms with Gasteiger partial charge in [0.05, 0.1) is 26.4 Å². The molecule has 1 fully saturated rings. The van der Waals surface area contributed by atoms with Gasteiger partial charge in [-0.2, -0.15) is 0 Å². The van der Waals surface area contributed by atoms with Crippen LogP contribution in [0, 0.1) is 0 Å². The number of hydrogen-bond donors (Lipinski definition) is 1. The van der Waals surface area contributed by atoms with E-state index in [1.807, 2.05) is 25.1 Å². The minimum Gasteiger partial charge on any atom is -0.494 e. The highest BCUT2D eigenvalue weighted by atomic mass is 16.5. The van der Waals surface area contributed by atoms with Gasteiger partial charge in [-0.3, -0.25) is 9.20 Å². The van der Waals surface area contributed by atoms with E-state index in [2.05, 4.69) is 9.97 Å². The van der Waals surface area contributed by atoms with Gasteiger partial charge in [0.2, 0.25) is 5.95 Å². The normalized spacial score (nSPS) is 18.0. The first-order valence-corrected chi connectivity index (χ1v) is 8.10. The summed E-state index contributed by atoms with van der Waals surface area (Å²) in [5.74, 6) is 0.743. The molecule has 0 radical (unpaired) electrons. The Morgan fingerprint density at radius 3 is 3.00 bits per heavy atom. The first kappa shape index (κ1) is 15.6. The molecule has 1 aliphatic heterocycles. The highest BCUT2D eigenvalue weighted by Crippen LogP contribution is 2.28. The average molecular weight is 341 g/mol. The number of anilines is 1. The number of carbonyl (C=O) groups excluding carboxylic acids is 1. The average Bonchev–Trinajstić information content (AvgIpc) is 3.07. The van der Waals surface area contributed by atoms with Crippen molar-refractivity contribution in [2.24, 2.45) is 0 Å². The fourth-order valence-electron chi connectivity index (χ4n) is 3.18. The molecule has 8 nitrogen and oxygen atoms in total. The lowest BCUT2D eigenvalue weighted by atomic mass is 10.2. The molecule has 0 bridgehead atoms. The molecular weight excluding hydrogens is 322 g/mol. The Morgan fingerprint density at radius 2 is 2.24 bits per heavy atom. The minimum atomic E-state index is -0.130. The number of para-hydroxylation sites is 1. The maximum absolute atomic E-state index is 12.9. The van der Waals surface area contributed by atoms with E-state index in [9.17, 15) is 4.79 Å². The van der Waals surface area contributed by atoms with Gasteiger partial charge in [-0.1, -0.05) is 6.07 Å². The van der Waals surface area contributed by atoms with Gasteiger partial charge < -0.3 is 20.1 Å². The maximum Gasteiger partial charge on any atom is 0.274 e. The molecule has 3 aromatic rings. The Balaban J connectivity index is 1.86. The van der Waals surface area contributed by atoms with Crippen LogP contribution in [0.3, 0.4) is 0 Å². The second kappa shape index (κ2) is 5.89. The van der Waals surface area contributed by atoms with Crippen molar-refractivity contribution in [3.05, 3.63) is 30.1 Å². The molecule has 2 aromatic heterocycles. The fourth-order valence-corrected chi connectivity index (χ4v) is 3.18. The fraction of sp³-hybridized carbons (Fsp3) is 0.353. The Morgan fingerprint density at radius 1 is 1.40 bits per heavy atom. The molecule has 1 saturated heterocycles. The van der Waals surface area contributed by atoms with Gasteiger partial charge in [0, 0.05) is 18.1 Å². The smallest absolute Gasteiger partial charge is 0.274 e. The number of aromatic nitrogens is 3. The third-order valence-corrected chi connectivity index (χ3v) is 4.49. The van der Waals surface area contributed by atoms with E-state index in [4.69, 9.17) is 15.2 Å². The standard InChI is InChI=1S/C17H19N5O3/c1-10-9-25-7-6-21(10)16(23)12-8-22-15(19-12)11-4-3-5-13(24-2)14(11)20-17(22)18/h3-5,8,10H,6-7,9H2,1-2H3,(H2,18,20)/t10-/m0/s1. The highest BCUT2D eigenvalue weighted by molar-refractivity contribution is 5.99. The third-order valence-electron chi connectivity index (χ3n) is 4.49. The summed E-state index contributed by atoms with van der Waals surface area (Å²) in [4.78, 5) is 23.6. The van der Waals surface area contributed by atoms with Gasteiger partial charge in [-0.05, 0) is 19.1 Å². The number of fused-ring (bicyclic) bond motifs is 3. The van der Waals surface area contributed by atoms with Crippen molar-refractivity contribution in [1.29, 1.82) is 0 Å². The van der Waals surface area contributed by atoms with Gasteiger partial charge in [0.15, 0.2) is 0 Å². The van der Waals surface area contributed by atoms with Crippen molar-refractivity contribution < 1.29 is 14.3 Å². The van der Waals surface area contributed by atoms with E-state index >= 15 is 0 Å². The summed E-state index contributed by atoms with van der Waals surface area (Å²) in [5, 5.41) is 0.780. The highest BCUT2D eigenvalue weighted by Gasteiger charge is 2.27. The molecule has 130 valence electrons. The van der Waals surface area contributed by atoms with E-state index in [0.717, 1.165) is 5.39 Å². The van der Waals surface area contributed by atoms with E-state index in [1.54, 1.807) is 22.6 Å². The number of methoxy groups -OCH3 is 1. The number of amides is 1. The van der Waals surface area contributed by atoms with Crippen LogP contribution in [0.4, 0.5) is 5.95 Å². The Bertz CT molecular complexity index is 968. The first-order chi connectivity index (χ1) is 12.1. The van der Waals surface area contributed by atoms with Crippen molar-refractivity contribution in [3.63, 3.8) is 0 Å². The van der Waals surface area contributed by atoms with Gasteiger partial charge >= 0.3 is 0 Å². The summed E-state index contributed by atoms with van der Waals surface area (Å²) in [6.45, 7) is 3.58. The Kier molecular flexibility index (Phi) is 3.69. The lowest BCUT2D eigenvalue weighted by molar-refractivity contribution is 0.00331. The van der Waals surface area contributed by atoms with E-state index in [0.29, 0.717) is 42.4 Å². The van der Waals surface area contributed by atoms with E-state index in [-0.39, 0.29) is 17.9 Å². The molecule has 0 saturated carbocycles. The van der Waals surface area contributed by atoms with Crippen molar-refractivity contribution >= 4 is 28.4 Å². The zero-order valence-corrected chi connectivity index (χ0v) is 14.1. The molecule has 0 spiro atoms. The number of nitrogens with zero attached hydrogens (tertiary/aromatic N) is 4. The summed E-state index contributed by atoms with van der Waals surface area (Å²) in [6, 6.07) is 5.58. The molecule has 1 aromatic carbocycles. The number of ether oxygens (including phenoxy) is 2. The summed E-state index contributed by atoms with van der Waals surface area (Å²) >= 11 is 0. The van der Waals surface area contributed by atoms with Crippen LogP contribution in [0.1, 0.15) is 17.4 Å². The van der Waals surface area contributed by atoms with Crippen LogP contribution in [0.5, 0.6) is 5.75 Å². The number of morpholine rings is 1. The maximum atomic E-state index is 12.9. The summed E-state index contributed by atoms with van der Waals surface area (Å²) in [6.07, 6.45) is 1.64. The summed E-state index contributed by atoms with van der Waals surface area (Å²) < 4.78 is 12.4. The number of imidazole rings is 1. The number of rotatable bonds is 2. The lowest BCUT2D eigenvalue weighted by Crippen LogP contribution is -2.47. The van der Waals surface area contributed by atoms with Crippen LogP contribution in [-0.2, 0) is 4.74 Å². The van der Waals surface area contributed by atoms with Gasteiger partial charge in [0.25, 0.3) is 5.91 Å². The second-order valence-corrected chi connectivity index (χ2v) is 6.07. The lowest BCUT2D eigenvalue weighted by Gasteiger charge is -2.32. The van der Waals surface area contributed by atoms with Crippen LogP contribution in [0.2, 0.25) is 0 Å². The molecule has 25 heavy (non-hydrogen) atoms. The van der Waals surface area contributed by atoms with Crippen molar-refractivity contribution in [2.75, 3.05) is 32.6 Å². The number of nitrogens with two attached hydrogens (primary N) is 1. The van der Waals surface area contributed by atoms with Crippen molar-refractivity contribution in [2.45, 2.75) is 13.0 Å². The SMILES string of the molecule is COc1cccc2c1nc(N)n1cc(C(=O)N3CCOC[C@@H]3C)nc21. The van der Waals surface area contributed by atoms with Gasteiger partial charge in [0.1, 0.15) is 22.6 Å². The van der Waals surface area contributed by atoms with Crippen molar-refractivity contribution in [3.8, 4) is 5.75 Å². The van der Waals surface area contributed by atoms with Gasteiger partial charge in [-0.15, -0.1) is 0 Å². The predicted octanol–water partition coefficient (Wildman–Crippen LogP) is 1.33. The largest absolute Gasteiger partial charge is 0.494 e. The topological polar surface area (TPSA) is 95.0 Å². The molecule has 2 N–H and O–H groups in total. The van der Waals surface area contributed by atoms with Crippen molar-refractivity contribution in [1.82, 2.24) is 19.3 Å². The van der Waals surface area contributed by atoms with Gasteiger partial charge in [-0.25, -0.2) is 9.97 Å². The molecule has 1 atom stereocenters. The summed E-state index contributed by atoms with van der Waals surface area (Å²) in [5.41, 5.74) is 7.63. The zero-order valence-electron chi connectivity index (χ0n) is 14.1. The zero-order chi connectivity index (χ0) is 17.6. The van der Waals surface area contributed by atoms with E-state index in [1.165, 1.54) is 0 Å². The molecule has 0 unspecified atom stereocenters. The molecule has 1 amide bonds. The quantitative estimate of drug-likeness (QED) is 0.756. The number of carbonyl (C=O) groups is 1. The monoisotopic (exact) mass is 341 g/mol. The van der Waals surface area contributed by atoms with Crippen LogP contribution in [0.15, 0.2) is 24.4 Å². The van der Waals surface area contributed by atoms with Crippen LogP contribution in [0.25, 0.3) is 16.6 Å². The molecule has 3 heterocycles. The Labute approximate surface area is 144 Å². The Hall–Kier alpha value is -2.87. The second-order valence-electron chi connectivity index (χ2n) is 6.07. The first-order valence-electron chi connectivity index (χ1n) is 8.10. The van der Waals surface area contributed by atoms with Crippen LogP contribution < -0.4 is 10.5 Å². The molecule has 1 aliphatic rings.